The molecule has 1 N–H and O–H groups in total. The maximum atomic E-state index is 6.51. The Morgan fingerprint density at radius 2 is 1.76 bits per heavy atom. The number of ether oxygens (including phenoxy) is 2. The summed E-state index contributed by atoms with van der Waals surface area (Å²) in [5.74, 6) is 0. The summed E-state index contributed by atoms with van der Waals surface area (Å²) in [4.78, 5) is 0. The first-order chi connectivity index (χ1) is 7.95. The molecular weight excluding hydrogens is 214 g/mol. The van der Waals surface area contributed by atoms with Crippen LogP contribution in [-0.2, 0) is 9.47 Å². The minimum Gasteiger partial charge on any atom is -0.375 e. The Kier molecular flexibility index (Phi) is 3.54. The number of rotatable bonds is 2. The third kappa shape index (κ3) is 2.67. The molecule has 17 heavy (non-hydrogen) atoms. The molecule has 0 radical (unpaired) electrons. The van der Waals surface area contributed by atoms with Gasteiger partial charge in [0.05, 0.1) is 23.4 Å². The molecule has 2 aliphatic heterocycles. The van der Waals surface area contributed by atoms with E-state index in [-0.39, 0.29) is 16.8 Å². The highest BCUT2D eigenvalue weighted by Crippen LogP contribution is 2.41. The van der Waals surface area contributed by atoms with Crippen molar-refractivity contribution in [2.45, 2.75) is 70.2 Å². The molecule has 2 fully saturated rings. The van der Waals surface area contributed by atoms with Gasteiger partial charge in [-0.05, 0) is 26.7 Å². The Morgan fingerprint density at radius 1 is 1.06 bits per heavy atom. The topological polar surface area (TPSA) is 30.5 Å². The zero-order valence-electron chi connectivity index (χ0n) is 11.8. The van der Waals surface area contributed by atoms with Gasteiger partial charge < -0.3 is 14.8 Å². The smallest absolute Gasteiger partial charge is 0.0863 e. The quantitative estimate of drug-likeness (QED) is 0.805. The fraction of sp³-hybridized carbons (Fsp3) is 1.00. The lowest BCUT2D eigenvalue weighted by Crippen LogP contribution is -2.63. The van der Waals surface area contributed by atoms with Gasteiger partial charge in [0, 0.05) is 25.9 Å². The molecule has 2 heterocycles. The normalized spacial score (nSPS) is 47.3. The van der Waals surface area contributed by atoms with E-state index in [2.05, 4.69) is 33.0 Å². The first-order valence-electron chi connectivity index (χ1n) is 7.00. The molecule has 3 atom stereocenters. The SMILES string of the molecule is CCC1(C)CC2(CCO1)CNCC(C)(CC)O2. The van der Waals surface area contributed by atoms with Gasteiger partial charge in [-0.3, -0.25) is 0 Å². The van der Waals surface area contributed by atoms with Crippen molar-refractivity contribution in [3.8, 4) is 0 Å². The minimum atomic E-state index is -0.00968. The fourth-order valence-corrected chi connectivity index (χ4v) is 3.12. The van der Waals surface area contributed by atoms with Crippen LogP contribution in [0.3, 0.4) is 0 Å². The van der Waals surface area contributed by atoms with Crippen LogP contribution in [0.4, 0.5) is 0 Å². The van der Waals surface area contributed by atoms with Gasteiger partial charge in [0.2, 0.25) is 0 Å². The second-order valence-electron chi connectivity index (χ2n) is 6.27. The monoisotopic (exact) mass is 241 g/mol. The van der Waals surface area contributed by atoms with E-state index >= 15 is 0 Å². The van der Waals surface area contributed by atoms with Crippen LogP contribution in [0, 0.1) is 0 Å². The number of nitrogens with one attached hydrogen (secondary N) is 1. The average Bonchev–Trinajstić information content (AvgIpc) is 2.29. The molecule has 0 aromatic carbocycles. The van der Waals surface area contributed by atoms with Gasteiger partial charge in [0.1, 0.15) is 0 Å². The molecule has 100 valence electrons. The van der Waals surface area contributed by atoms with Crippen LogP contribution in [0.15, 0.2) is 0 Å². The molecule has 0 aliphatic carbocycles. The predicted molar refractivity (Wildman–Crippen MR) is 69.3 cm³/mol. The van der Waals surface area contributed by atoms with E-state index in [0.717, 1.165) is 45.4 Å². The highest BCUT2D eigenvalue weighted by molar-refractivity contribution is 5.00. The number of morpholine rings is 1. The second kappa shape index (κ2) is 4.52. The van der Waals surface area contributed by atoms with E-state index < -0.39 is 0 Å². The minimum absolute atomic E-state index is 0.00792. The van der Waals surface area contributed by atoms with Gasteiger partial charge in [-0.1, -0.05) is 13.8 Å². The van der Waals surface area contributed by atoms with Crippen molar-refractivity contribution in [2.24, 2.45) is 0 Å². The summed E-state index contributed by atoms with van der Waals surface area (Å²) in [7, 11) is 0. The first kappa shape index (κ1) is 13.3. The largest absolute Gasteiger partial charge is 0.375 e. The molecule has 2 saturated heterocycles. The van der Waals surface area contributed by atoms with Crippen LogP contribution in [-0.4, -0.2) is 36.5 Å². The van der Waals surface area contributed by atoms with Crippen LogP contribution in [0.2, 0.25) is 0 Å². The third-order valence-corrected chi connectivity index (χ3v) is 4.61. The second-order valence-corrected chi connectivity index (χ2v) is 6.27. The lowest BCUT2D eigenvalue weighted by molar-refractivity contribution is -0.234. The van der Waals surface area contributed by atoms with Gasteiger partial charge >= 0.3 is 0 Å². The summed E-state index contributed by atoms with van der Waals surface area (Å²) in [6.45, 7) is 11.6. The molecule has 3 unspecified atom stereocenters. The molecule has 2 aliphatic rings. The summed E-state index contributed by atoms with van der Waals surface area (Å²) >= 11 is 0. The first-order valence-corrected chi connectivity index (χ1v) is 7.00. The fourth-order valence-electron chi connectivity index (χ4n) is 3.12. The number of hydrogen-bond acceptors (Lipinski definition) is 3. The molecule has 0 aromatic heterocycles. The van der Waals surface area contributed by atoms with Crippen LogP contribution < -0.4 is 5.32 Å². The lowest BCUT2D eigenvalue weighted by atomic mass is 9.79. The molecule has 1 spiro atoms. The van der Waals surface area contributed by atoms with Gasteiger partial charge in [0.15, 0.2) is 0 Å². The highest BCUT2D eigenvalue weighted by Gasteiger charge is 2.48. The third-order valence-electron chi connectivity index (χ3n) is 4.61. The van der Waals surface area contributed by atoms with E-state index in [9.17, 15) is 0 Å². The van der Waals surface area contributed by atoms with Crippen LogP contribution in [0.1, 0.15) is 53.4 Å². The Bertz CT molecular complexity index is 253. The van der Waals surface area contributed by atoms with Crippen molar-refractivity contribution in [3.63, 3.8) is 0 Å². The summed E-state index contributed by atoms with van der Waals surface area (Å²) in [5, 5.41) is 3.57. The summed E-state index contributed by atoms with van der Waals surface area (Å²) < 4.78 is 12.4. The maximum Gasteiger partial charge on any atom is 0.0863 e. The molecule has 0 aromatic rings. The summed E-state index contributed by atoms with van der Waals surface area (Å²) in [6.07, 6.45) is 4.15. The lowest BCUT2D eigenvalue weighted by Gasteiger charge is -2.53. The summed E-state index contributed by atoms with van der Waals surface area (Å²) in [6, 6.07) is 0. The van der Waals surface area contributed by atoms with E-state index in [0.29, 0.717) is 0 Å². The molecule has 3 heteroatoms. The van der Waals surface area contributed by atoms with E-state index in [4.69, 9.17) is 9.47 Å². The molecule has 0 saturated carbocycles. The Hall–Kier alpha value is -0.120. The van der Waals surface area contributed by atoms with Crippen molar-refractivity contribution in [3.05, 3.63) is 0 Å². The van der Waals surface area contributed by atoms with Crippen molar-refractivity contribution < 1.29 is 9.47 Å². The predicted octanol–water partition coefficient (Wildman–Crippen LogP) is 2.49. The highest BCUT2D eigenvalue weighted by atomic mass is 16.5. The van der Waals surface area contributed by atoms with Crippen molar-refractivity contribution in [2.75, 3.05) is 19.7 Å². The molecular formula is C14H27NO2. The van der Waals surface area contributed by atoms with E-state index in [1.54, 1.807) is 0 Å². The Balaban J connectivity index is 2.13. The molecule has 2 rings (SSSR count). The molecule has 0 bridgehead atoms. The molecule has 0 amide bonds. The zero-order chi connectivity index (χ0) is 12.6. The van der Waals surface area contributed by atoms with E-state index in [1.165, 1.54) is 0 Å². The van der Waals surface area contributed by atoms with Crippen molar-refractivity contribution in [1.29, 1.82) is 0 Å². The van der Waals surface area contributed by atoms with Gasteiger partial charge in [-0.15, -0.1) is 0 Å². The standard InChI is InChI=1S/C14H27NO2/c1-5-12(3)9-14(7-8-16-12)11-15-10-13(4,6-2)17-14/h15H,5-11H2,1-4H3. The van der Waals surface area contributed by atoms with Crippen molar-refractivity contribution in [1.82, 2.24) is 5.32 Å². The Labute approximate surface area is 105 Å². The van der Waals surface area contributed by atoms with Crippen molar-refractivity contribution >= 4 is 0 Å². The Morgan fingerprint density at radius 3 is 2.41 bits per heavy atom. The summed E-state index contributed by atoms with van der Waals surface area (Å²) in [5.41, 5.74) is -0.0256. The number of hydrogen-bond donors (Lipinski definition) is 1. The van der Waals surface area contributed by atoms with Crippen LogP contribution in [0.25, 0.3) is 0 Å². The average molecular weight is 241 g/mol. The van der Waals surface area contributed by atoms with Crippen LogP contribution >= 0.6 is 0 Å². The van der Waals surface area contributed by atoms with Crippen LogP contribution in [0.5, 0.6) is 0 Å². The van der Waals surface area contributed by atoms with Gasteiger partial charge in [-0.2, -0.15) is 0 Å². The molecule has 3 nitrogen and oxygen atoms in total. The zero-order valence-corrected chi connectivity index (χ0v) is 11.8. The van der Waals surface area contributed by atoms with Gasteiger partial charge in [-0.25, -0.2) is 0 Å². The maximum absolute atomic E-state index is 6.51. The van der Waals surface area contributed by atoms with E-state index in [1.807, 2.05) is 0 Å². The van der Waals surface area contributed by atoms with Gasteiger partial charge in [0.25, 0.3) is 0 Å².